The van der Waals surface area contributed by atoms with Gasteiger partial charge in [-0.1, -0.05) is 24.3 Å². The third kappa shape index (κ3) is 1.64. The van der Waals surface area contributed by atoms with Gasteiger partial charge in [-0.3, -0.25) is 9.20 Å². The van der Waals surface area contributed by atoms with Crippen LogP contribution in [0.15, 0.2) is 35.8 Å². The molecular weight excluding hydrogens is 248 g/mol. The number of imidazole rings is 1. The van der Waals surface area contributed by atoms with Gasteiger partial charge in [-0.25, -0.2) is 4.98 Å². The summed E-state index contributed by atoms with van der Waals surface area (Å²) in [4.78, 5) is 16.5. The van der Waals surface area contributed by atoms with E-state index in [4.69, 9.17) is 5.11 Å². The number of aromatic nitrogens is 2. The molecule has 0 aliphatic carbocycles. The summed E-state index contributed by atoms with van der Waals surface area (Å²) in [7, 11) is 0. The summed E-state index contributed by atoms with van der Waals surface area (Å²) in [6.45, 7) is 0.0130. The largest absolute Gasteiger partial charge is 0.392 e. The molecule has 0 saturated heterocycles. The maximum Gasteiger partial charge on any atom is 0.194 e. The van der Waals surface area contributed by atoms with E-state index in [-0.39, 0.29) is 6.61 Å². The highest BCUT2D eigenvalue weighted by Crippen LogP contribution is 2.25. The minimum absolute atomic E-state index is 0.0130. The van der Waals surface area contributed by atoms with Crippen molar-refractivity contribution in [1.29, 1.82) is 0 Å². The van der Waals surface area contributed by atoms with Gasteiger partial charge < -0.3 is 5.11 Å². The molecule has 0 atom stereocenters. The van der Waals surface area contributed by atoms with E-state index < -0.39 is 0 Å². The third-order valence-corrected chi connectivity index (χ3v) is 3.58. The Morgan fingerprint density at radius 2 is 2.11 bits per heavy atom. The molecule has 0 aliphatic heterocycles. The van der Waals surface area contributed by atoms with Gasteiger partial charge in [0.05, 0.1) is 6.61 Å². The highest BCUT2D eigenvalue weighted by atomic mass is 32.1. The third-order valence-electron chi connectivity index (χ3n) is 2.82. The van der Waals surface area contributed by atoms with Gasteiger partial charge in [0.2, 0.25) is 0 Å². The van der Waals surface area contributed by atoms with Crippen LogP contribution in [-0.2, 0) is 6.61 Å². The first-order valence-corrected chi connectivity index (χ1v) is 6.32. The van der Waals surface area contributed by atoms with E-state index in [2.05, 4.69) is 4.98 Å². The van der Waals surface area contributed by atoms with Crippen molar-refractivity contribution in [2.24, 2.45) is 0 Å². The zero-order valence-corrected chi connectivity index (χ0v) is 10.2. The van der Waals surface area contributed by atoms with E-state index in [1.54, 1.807) is 4.40 Å². The Balaban J connectivity index is 2.17. The van der Waals surface area contributed by atoms with Crippen LogP contribution in [0, 0.1) is 0 Å². The SMILES string of the molecule is O=Cc1c(-c2ccc(CO)cc2)nc2sccn12. The zero-order valence-electron chi connectivity index (χ0n) is 9.41. The number of rotatable bonds is 3. The fourth-order valence-corrected chi connectivity index (χ4v) is 2.62. The summed E-state index contributed by atoms with van der Waals surface area (Å²) >= 11 is 1.49. The monoisotopic (exact) mass is 258 g/mol. The van der Waals surface area contributed by atoms with Crippen molar-refractivity contribution in [2.75, 3.05) is 0 Å². The summed E-state index contributed by atoms with van der Waals surface area (Å²) < 4.78 is 1.78. The molecule has 0 bridgehead atoms. The molecule has 0 saturated carbocycles. The number of hydrogen-bond acceptors (Lipinski definition) is 4. The van der Waals surface area contributed by atoms with Crippen molar-refractivity contribution in [3.8, 4) is 11.3 Å². The van der Waals surface area contributed by atoms with E-state index in [1.165, 1.54) is 11.3 Å². The Kier molecular flexibility index (Phi) is 2.70. The summed E-state index contributed by atoms with van der Waals surface area (Å²) in [5.74, 6) is 0. The van der Waals surface area contributed by atoms with E-state index in [0.717, 1.165) is 22.4 Å². The first-order valence-electron chi connectivity index (χ1n) is 5.44. The molecule has 3 aromatic rings. The van der Waals surface area contributed by atoms with Crippen LogP contribution in [0.25, 0.3) is 16.2 Å². The van der Waals surface area contributed by atoms with E-state index in [0.29, 0.717) is 11.4 Å². The number of carbonyl (C=O) groups excluding carboxylic acids is 1. The molecule has 5 heteroatoms. The quantitative estimate of drug-likeness (QED) is 0.734. The number of benzene rings is 1. The summed E-state index contributed by atoms with van der Waals surface area (Å²) in [6, 6.07) is 7.39. The maximum absolute atomic E-state index is 11.2. The topological polar surface area (TPSA) is 54.6 Å². The first kappa shape index (κ1) is 11.1. The van der Waals surface area contributed by atoms with Crippen LogP contribution in [0.2, 0.25) is 0 Å². The number of nitrogens with zero attached hydrogens (tertiary/aromatic N) is 2. The van der Waals surface area contributed by atoms with Crippen molar-refractivity contribution in [3.05, 3.63) is 47.1 Å². The lowest BCUT2D eigenvalue weighted by Crippen LogP contribution is -1.90. The molecule has 4 nitrogen and oxygen atoms in total. The highest BCUT2D eigenvalue weighted by Gasteiger charge is 2.13. The van der Waals surface area contributed by atoms with Crippen LogP contribution >= 0.6 is 11.3 Å². The van der Waals surface area contributed by atoms with Crippen molar-refractivity contribution in [3.63, 3.8) is 0 Å². The minimum Gasteiger partial charge on any atom is -0.392 e. The van der Waals surface area contributed by atoms with E-state index >= 15 is 0 Å². The Morgan fingerprint density at radius 1 is 1.33 bits per heavy atom. The molecule has 0 unspecified atom stereocenters. The van der Waals surface area contributed by atoms with Gasteiger partial charge in [0.15, 0.2) is 11.2 Å². The Bertz CT molecular complexity index is 697. The number of carbonyl (C=O) groups is 1. The molecule has 18 heavy (non-hydrogen) atoms. The number of aldehydes is 1. The average Bonchev–Trinajstić information content (AvgIpc) is 2.98. The Morgan fingerprint density at radius 3 is 2.78 bits per heavy atom. The fraction of sp³-hybridized carbons (Fsp3) is 0.0769. The van der Waals surface area contributed by atoms with Crippen molar-refractivity contribution in [1.82, 2.24) is 9.38 Å². The fourth-order valence-electron chi connectivity index (χ4n) is 1.90. The van der Waals surface area contributed by atoms with Crippen LogP contribution in [-0.4, -0.2) is 20.8 Å². The summed E-state index contributed by atoms with van der Waals surface area (Å²) in [5.41, 5.74) is 2.96. The molecule has 90 valence electrons. The molecular formula is C13H10N2O2S. The van der Waals surface area contributed by atoms with Gasteiger partial charge in [-0.15, -0.1) is 11.3 Å². The molecule has 2 heterocycles. The minimum atomic E-state index is 0.0130. The van der Waals surface area contributed by atoms with Gasteiger partial charge >= 0.3 is 0 Å². The van der Waals surface area contributed by atoms with Gasteiger partial charge in [-0.2, -0.15) is 0 Å². The lowest BCUT2D eigenvalue weighted by atomic mass is 10.1. The molecule has 2 aromatic heterocycles. The lowest BCUT2D eigenvalue weighted by Gasteiger charge is -2.00. The molecule has 0 radical (unpaired) electrons. The highest BCUT2D eigenvalue weighted by molar-refractivity contribution is 7.15. The number of hydrogen-bond donors (Lipinski definition) is 1. The zero-order chi connectivity index (χ0) is 12.5. The Hall–Kier alpha value is -1.98. The normalized spacial score (nSPS) is 10.9. The second kappa shape index (κ2) is 4.36. The first-order chi connectivity index (χ1) is 8.83. The molecule has 3 rings (SSSR count). The summed E-state index contributed by atoms with van der Waals surface area (Å²) in [6.07, 6.45) is 2.66. The second-order valence-corrected chi connectivity index (χ2v) is 4.75. The number of aliphatic hydroxyl groups excluding tert-OH is 1. The predicted octanol–water partition coefficient (Wildman–Crippen LogP) is 2.37. The van der Waals surface area contributed by atoms with Crippen molar-refractivity contribution < 1.29 is 9.90 Å². The summed E-state index contributed by atoms with van der Waals surface area (Å²) in [5, 5.41) is 10.9. The molecule has 0 spiro atoms. The van der Waals surface area contributed by atoms with E-state index in [1.807, 2.05) is 35.8 Å². The molecule has 0 aliphatic rings. The van der Waals surface area contributed by atoms with Crippen LogP contribution in [0.5, 0.6) is 0 Å². The average molecular weight is 258 g/mol. The van der Waals surface area contributed by atoms with Gasteiger partial charge in [0.1, 0.15) is 11.4 Å². The second-order valence-electron chi connectivity index (χ2n) is 3.87. The van der Waals surface area contributed by atoms with Gasteiger partial charge in [0.25, 0.3) is 0 Å². The standard InChI is InChI=1S/C13H10N2O2S/c16-7-9-1-3-10(4-2-9)12-11(8-17)15-5-6-18-13(15)14-12/h1-6,8,16H,7H2. The molecule has 0 amide bonds. The number of fused-ring (bicyclic) bond motifs is 1. The maximum atomic E-state index is 11.2. The lowest BCUT2D eigenvalue weighted by molar-refractivity contribution is 0.111. The van der Waals surface area contributed by atoms with Crippen LogP contribution in [0.4, 0.5) is 0 Å². The Labute approximate surface area is 107 Å². The van der Waals surface area contributed by atoms with Gasteiger partial charge in [0, 0.05) is 17.1 Å². The molecule has 1 aromatic carbocycles. The number of aliphatic hydroxyl groups is 1. The predicted molar refractivity (Wildman–Crippen MR) is 69.8 cm³/mol. The van der Waals surface area contributed by atoms with Crippen molar-refractivity contribution in [2.45, 2.75) is 6.61 Å². The smallest absolute Gasteiger partial charge is 0.194 e. The number of thiazole rings is 1. The van der Waals surface area contributed by atoms with E-state index in [9.17, 15) is 4.79 Å². The molecule has 1 N–H and O–H groups in total. The van der Waals surface area contributed by atoms with Crippen LogP contribution in [0.3, 0.4) is 0 Å². The van der Waals surface area contributed by atoms with Crippen molar-refractivity contribution >= 4 is 22.6 Å². The molecule has 0 fully saturated rings. The van der Waals surface area contributed by atoms with Crippen LogP contribution < -0.4 is 0 Å². The van der Waals surface area contributed by atoms with Crippen LogP contribution in [0.1, 0.15) is 16.1 Å². The van der Waals surface area contributed by atoms with Gasteiger partial charge in [-0.05, 0) is 5.56 Å².